The standard InChI is InChI=1S/C20H21Cl2NO3/c1-11-7-12(2)19(13(3)8-11)23-20(25)14(4)26-18(24)10-15-5-6-16(21)17(22)9-15/h5-9,14H,10H2,1-4H3,(H,23,25)/t14-/m0/s1. The van der Waals surface area contributed by atoms with Crippen LogP contribution in [0.15, 0.2) is 30.3 Å². The third kappa shape index (κ3) is 5.23. The monoisotopic (exact) mass is 393 g/mol. The summed E-state index contributed by atoms with van der Waals surface area (Å²) in [5.74, 6) is -0.883. The molecule has 1 N–H and O–H groups in total. The molecule has 0 aliphatic carbocycles. The minimum absolute atomic E-state index is 0.0110. The molecule has 0 radical (unpaired) electrons. The number of halogens is 2. The summed E-state index contributed by atoms with van der Waals surface area (Å²) in [6, 6.07) is 8.90. The van der Waals surface area contributed by atoms with Gasteiger partial charge in [0, 0.05) is 5.69 Å². The number of esters is 1. The summed E-state index contributed by atoms with van der Waals surface area (Å²) in [4.78, 5) is 24.4. The van der Waals surface area contributed by atoms with Crippen LogP contribution in [-0.4, -0.2) is 18.0 Å². The molecular weight excluding hydrogens is 373 g/mol. The van der Waals surface area contributed by atoms with E-state index in [0.29, 0.717) is 15.6 Å². The van der Waals surface area contributed by atoms with Crippen LogP contribution in [0.3, 0.4) is 0 Å². The molecule has 0 aromatic heterocycles. The number of amides is 1. The van der Waals surface area contributed by atoms with E-state index in [1.165, 1.54) is 0 Å². The number of benzene rings is 2. The average Bonchev–Trinajstić information content (AvgIpc) is 2.54. The summed E-state index contributed by atoms with van der Waals surface area (Å²) in [5, 5.41) is 3.62. The van der Waals surface area contributed by atoms with E-state index in [2.05, 4.69) is 5.32 Å². The first-order valence-corrected chi connectivity index (χ1v) is 8.95. The van der Waals surface area contributed by atoms with Crippen LogP contribution < -0.4 is 5.32 Å². The zero-order chi connectivity index (χ0) is 19.4. The van der Waals surface area contributed by atoms with E-state index in [0.717, 1.165) is 22.4 Å². The third-order valence-electron chi connectivity index (χ3n) is 3.94. The number of anilines is 1. The number of rotatable bonds is 5. The Hall–Kier alpha value is -2.04. The summed E-state index contributed by atoms with van der Waals surface area (Å²) in [7, 11) is 0. The molecule has 138 valence electrons. The number of ether oxygens (including phenoxy) is 1. The molecule has 0 saturated heterocycles. The summed E-state index contributed by atoms with van der Waals surface area (Å²) in [6.07, 6.45) is -0.901. The number of carbonyl (C=O) groups excluding carboxylic acids is 2. The highest BCUT2D eigenvalue weighted by Crippen LogP contribution is 2.24. The summed E-state index contributed by atoms with van der Waals surface area (Å²) >= 11 is 11.8. The van der Waals surface area contributed by atoms with Crippen molar-refractivity contribution < 1.29 is 14.3 Å². The zero-order valence-corrected chi connectivity index (χ0v) is 16.7. The molecule has 0 aliphatic heterocycles. The maximum atomic E-state index is 12.4. The lowest BCUT2D eigenvalue weighted by molar-refractivity contribution is -0.152. The van der Waals surface area contributed by atoms with Gasteiger partial charge in [0.15, 0.2) is 6.10 Å². The van der Waals surface area contributed by atoms with Gasteiger partial charge in [-0.1, -0.05) is 47.0 Å². The molecule has 4 nitrogen and oxygen atoms in total. The minimum Gasteiger partial charge on any atom is -0.452 e. The molecular formula is C20H21Cl2NO3. The van der Waals surface area contributed by atoms with Gasteiger partial charge in [0.1, 0.15) is 0 Å². The Kier molecular flexibility index (Phi) is 6.68. The predicted molar refractivity (Wildman–Crippen MR) is 105 cm³/mol. The number of hydrogen-bond donors (Lipinski definition) is 1. The number of hydrogen-bond acceptors (Lipinski definition) is 3. The van der Waals surface area contributed by atoms with E-state index in [9.17, 15) is 9.59 Å². The highest BCUT2D eigenvalue weighted by atomic mass is 35.5. The Balaban J connectivity index is 1.98. The second-order valence-corrected chi connectivity index (χ2v) is 7.13. The summed E-state index contributed by atoms with van der Waals surface area (Å²) < 4.78 is 5.23. The van der Waals surface area contributed by atoms with Crippen LogP contribution in [0, 0.1) is 20.8 Å². The van der Waals surface area contributed by atoms with Gasteiger partial charge in [0.05, 0.1) is 16.5 Å². The van der Waals surface area contributed by atoms with Gasteiger partial charge in [-0.3, -0.25) is 9.59 Å². The highest BCUT2D eigenvalue weighted by molar-refractivity contribution is 6.42. The molecule has 1 atom stereocenters. The van der Waals surface area contributed by atoms with E-state index in [1.807, 2.05) is 32.9 Å². The van der Waals surface area contributed by atoms with Gasteiger partial charge >= 0.3 is 5.97 Å². The SMILES string of the molecule is Cc1cc(C)c(NC(=O)[C@H](C)OC(=O)Cc2ccc(Cl)c(Cl)c2)c(C)c1. The van der Waals surface area contributed by atoms with Crippen LogP contribution in [0.2, 0.25) is 10.0 Å². The highest BCUT2D eigenvalue weighted by Gasteiger charge is 2.19. The van der Waals surface area contributed by atoms with Crippen molar-refractivity contribution >= 4 is 40.8 Å². The Morgan fingerprint density at radius 1 is 1.04 bits per heavy atom. The van der Waals surface area contributed by atoms with Crippen molar-refractivity contribution in [3.05, 3.63) is 62.6 Å². The van der Waals surface area contributed by atoms with E-state index in [-0.39, 0.29) is 12.3 Å². The minimum atomic E-state index is -0.912. The first kappa shape index (κ1) is 20.3. The van der Waals surface area contributed by atoms with Crippen molar-refractivity contribution in [2.75, 3.05) is 5.32 Å². The van der Waals surface area contributed by atoms with Gasteiger partial charge in [-0.15, -0.1) is 0 Å². The quantitative estimate of drug-likeness (QED) is 0.724. The second-order valence-electron chi connectivity index (χ2n) is 6.32. The van der Waals surface area contributed by atoms with Crippen LogP contribution in [-0.2, 0) is 20.7 Å². The molecule has 0 bridgehead atoms. The Morgan fingerprint density at radius 3 is 2.23 bits per heavy atom. The van der Waals surface area contributed by atoms with E-state index < -0.39 is 12.1 Å². The van der Waals surface area contributed by atoms with Crippen LogP contribution in [0.4, 0.5) is 5.69 Å². The van der Waals surface area contributed by atoms with Crippen LogP contribution in [0.25, 0.3) is 0 Å². The van der Waals surface area contributed by atoms with Gasteiger partial charge in [-0.25, -0.2) is 0 Å². The van der Waals surface area contributed by atoms with Crippen molar-refractivity contribution in [1.82, 2.24) is 0 Å². The fraction of sp³-hybridized carbons (Fsp3) is 0.300. The number of aryl methyl sites for hydroxylation is 3. The lowest BCUT2D eigenvalue weighted by Gasteiger charge is -2.17. The smallest absolute Gasteiger partial charge is 0.311 e. The van der Waals surface area contributed by atoms with Crippen LogP contribution >= 0.6 is 23.2 Å². The fourth-order valence-electron chi connectivity index (χ4n) is 2.71. The predicted octanol–water partition coefficient (Wildman–Crippen LogP) is 5.03. The molecule has 1 amide bonds. The summed E-state index contributed by atoms with van der Waals surface area (Å²) in [5.41, 5.74) is 4.46. The molecule has 0 spiro atoms. The van der Waals surface area contributed by atoms with Crippen molar-refractivity contribution in [1.29, 1.82) is 0 Å². The van der Waals surface area contributed by atoms with Crippen LogP contribution in [0.1, 0.15) is 29.2 Å². The van der Waals surface area contributed by atoms with Gasteiger partial charge < -0.3 is 10.1 Å². The molecule has 0 aliphatic rings. The molecule has 2 rings (SSSR count). The molecule has 0 saturated carbocycles. The lowest BCUT2D eigenvalue weighted by atomic mass is 10.0. The fourth-order valence-corrected chi connectivity index (χ4v) is 3.03. The maximum Gasteiger partial charge on any atom is 0.311 e. The largest absolute Gasteiger partial charge is 0.452 e. The lowest BCUT2D eigenvalue weighted by Crippen LogP contribution is -2.31. The van der Waals surface area contributed by atoms with Crippen LogP contribution in [0.5, 0.6) is 0 Å². The summed E-state index contributed by atoms with van der Waals surface area (Å²) in [6.45, 7) is 7.40. The zero-order valence-electron chi connectivity index (χ0n) is 15.2. The Labute approximate surface area is 163 Å². The second kappa shape index (κ2) is 8.56. The van der Waals surface area contributed by atoms with Crippen molar-refractivity contribution in [2.45, 2.75) is 40.2 Å². The third-order valence-corrected chi connectivity index (χ3v) is 4.67. The average molecular weight is 394 g/mol. The molecule has 0 fully saturated rings. The van der Waals surface area contributed by atoms with Gasteiger partial charge in [-0.05, 0) is 56.5 Å². The van der Waals surface area contributed by atoms with E-state index in [1.54, 1.807) is 25.1 Å². The van der Waals surface area contributed by atoms with E-state index in [4.69, 9.17) is 27.9 Å². The topological polar surface area (TPSA) is 55.4 Å². The first-order chi connectivity index (χ1) is 12.2. The first-order valence-electron chi connectivity index (χ1n) is 8.19. The Morgan fingerprint density at radius 2 is 1.65 bits per heavy atom. The van der Waals surface area contributed by atoms with Gasteiger partial charge in [0.2, 0.25) is 0 Å². The molecule has 2 aromatic rings. The van der Waals surface area contributed by atoms with Crippen molar-refractivity contribution in [3.8, 4) is 0 Å². The van der Waals surface area contributed by atoms with Gasteiger partial charge in [-0.2, -0.15) is 0 Å². The van der Waals surface area contributed by atoms with E-state index >= 15 is 0 Å². The number of nitrogens with one attached hydrogen (secondary N) is 1. The molecule has 0 heterocycles. The number of carbonyl (C=O) groups is 2. The maximum absolute atomic E-state index is 12.4. The van der Waals surface area contributed by atoms with Crippen molar-refractivity contribution in [2.24, 2.45) is 0 Å². The molecule has 6 heteroatoms. The molecule has 2 aromatic carbocycles. The van der Waals surface area contributed by atoms with Crippen molar-refractivity contribution in [3.63, 3.8) is 0 Å². The van der Waals surface area contributed by atoms with Gasteiger partial charge in [0.25, 0.3) is 5.91 Å². The molecule has 0 unspecified atom stereocenters. The molecule has 26 heavy (non-hydrogen) atoms. The normalized spacial score (nSPS) is 11.8. The Bertz CT molecular complexity index is 826.